The number of aryl methyl sites for hydroxylation is 1. The number of nitrogens with two attached hydrogens (primary N) is 1. The first-order chi connectivity index (χ1) is 8.83. The lowest BCUT2D eigenvalue weighted by Gasteiger charge is -2.21. The first kappa shape index (κ1) is 11.0. The minimum absolute atomic E-state index is 0.477. The van der Waals surface area contributed by atoms with Crippen LogP contribution in [0.4, 0.5) is 11.6 Å². The summed E-state index contributed by atoms with van der Waals surface area (Å²) in [6.45, 7) is 1.88. The number of hydrogen-bond acceptors (Lipinski definition) is 4. The van der Waals surface area contributed by atoms with E-state index >= 15 is 0 Å². The van der Waals surface area contributed by atoms with Gasteiger partial charge in [-0.3, -0.25) is 4.98 Å². The van der Waals surface area contributed by atoms with E-state index in [-0.39, 0.29) is 0 Å². The van der Waals surface area contributed by atoms with E-state index in [2.05, 4.69) is 39.1 Å². The molecular weight excluding hydrogens is 224 g/mol. The highest BCUT2D eigenvalue weighted by Crippen LogP contribution is 2.22. The Morgan fingerprint density at radius 2 is 1.94 bits per heavy atom. The topological polar surface area (TPSA) is 55.0 Å². The molecular formula is C14H16N4. The Hall–Kier alpha value is -2.10. The van der Waals surface area contributed by atoms with Crippen molar-refractivity contribution >= 4 is 11.6 Å². The zero-order valence-electron chi connectivity index (χ0n) is 10.2. The van der Waals surface area contributed by atoms with E-state index in [1.807, 2.05) is 0 Å². The quantitative estimate of drug-likeness (QED) is 0.828. The zero-order chi connectivity index (χ0) is 12.4. The highest BCUT2D eigenvalue weighted by atomic mass is 15.2. The average molecular weight is 240 g/mol. The van der Waals surface area contributed by atoms with E-state index in [9.17, 15) is 0 Å². The van der Waals surface area contributed by atoms with Gasteiger partial charge in [-0.05, 0) is 24.0 Å². The summed E-state index contributed by atoms with van der Waals surface area (Å²) < 4.78 is 0. The van der Waals surface area contributed by atoms with Gasteiger partial charge in [0, 0.05) is 13.1 Å². The van der Waals surface area contributed by atoms with Crippen molar-refractivity contribution in [3.05, 3.63) is 47.8 Å². The maximum absolute atomic E-state index is 5.70. The third kappa shape index (κ3) is 2.14. The molecule has 0 unspecified atom stereocenters. The van der Waals surface area contributed by atoms with E-state index in [1.165, 1.54) is 11.1 Å². The molecule has 4 nitrogen and oxygen atoms in total. The SMILES string of the molecule is Nc1cncc(N2CCCc3ccccc3C2)n1. The number of nitrogen functional groups attached to an aromatic ring is 1. The van der Waals surface area contributed by atoms with Crippen LogP contribution in [0.3, 0.4) is 0 Å². The number of anilines is 2. The predicted octanol–water partition coefficient (Wildman–Crippen LogP) is 2.01. The van der Waals surface area contributed by atoms with Crippen LogP contribution < -0.4 is 10.6 Å². The van der Waals surface area contributed by atoms with Crippen LogP contribution in [0.2, 0.25) is 0 Å². The predicted molar refractivity (Wildman–Crippen MR) is 72.3 cm³/mol. The molecule has 2 aromatic rings. The lowest BCUT2D eigenvalue weighted by Crippen LogP contribution is -2.24. The molecule has 2 N–H and O–H groups in total. The van der Waals surface area contributed by atoms with Gasteiger partial charge in [-0.25, -0.2) is 4.98 Å². The monoisotopic (exact) mass is 240 g/mol. The van der Waals surface area contributed by atoms with Crippen molar-refractivity contribution in [2.75, 3.05) is 17.2 Å². The van der Waals surface area contributed by atoms with Gasteiger partial charge in [0.2, 0.25) is 0 Å². The van der Waals surface area contributed by atoms with Crippen molar-refractivity contribution in [2.24, 2.45) is 0 Å². The molecule has 0 aliphatic carbocycles. The molecule has 0 radical (unpaired) electrons. The van der Waals surface area contributed by atoms with E-state index in [0.717, 1.165) is 31.7 Å². The molecule has 1 aliphatic rings. The summed E-state index contributed by atoms with van der Waals surface area (Å²) in [6, 6.07) is 8.60. The van der Waals surface area contributed by atoms with Crippen LogP contribution in [0.15, 0.2) is 36.7 Å². The van der Waals surface area contributed by atoms with Gasteiger partial charge >= 0.3 is 0 Å². The molecule has 4 heteroatoms. The van der Waals surface area contributed by atoms with Gasteiger partial charge in [0.05, 0.1) is 12.4 Å². The Morgan fingerprint density at radius 3 is 2.78 bits per heavy atom. The van der Waals surface area contributed by atoms with Crippen LogP contribution >= 0.6 is 0 Å². The Balaban J connectivity index is 1.91. The Morgan fingerprint density at radius 1 is 1.11 bits per heavy atom. The van der Waals surface area contributed by atoms with Gasteiger partial charge in [-0.2, -0.15) is 0 Å². The molecule has 0 saturated heterocycles. The molecule has 0 bridgehead atoms. The number of hydrogen-bond donors (Lipinski definition) is 1. The minimum atomic E-state index is 0.477. The van der Waals surface area contributed by atoms with E-state index in [0.29, 0.717) is 5.82 Å². The van der Waals surface area contributed by atoms with Crippen molar-refractivity contribution in [3.63, 3.8) is 0 Å². The zero-order valence-corrected chi connectivity index (χ0v) is 10.2. The van der Waals surface area contributed by atoms with Crippen LogP contribution in [0.25, 0.3) is 0 Å². The molecule has 0 fully saturated rings. The third-order valence-electron chi connectivity index (χ3n) is 3.32. The highest BCUT2D eigenvalue weighted by molar-refractivity contribution is 5.44. The smallest absolute Gasteiger partial charge is 0.149 e. The van der Waals surface area contributed by atoms with E-state index in [4.69, 9.17) is 5.73 Å². The summed E-state index contributed by atoms with van der Waals surface area (Å²) in [7, 11) is 0. The lowest BCUT2D eigenvalue weighted by atomic mass is 10.0. The van der Waals surface area contributed by atoms with Gasteiger partial charge in [0.25, 0.3) is 0 Å². The summed E-state index contributed by atoms with van der Waals surface area (Å²) in [6.07, 6.45) is 5.62. The number of rotatable bonds is 1. The molecule has 0 amide bonds. The molecule has 2 heterocycles. The summed E-state index contributed by atoms with van der Waals surface area (Å²) in [4.78, 5) is 10.7. The lowest BCUT2D eigenvalue weighted by molar-refractivity contribution is 0.753. The Bertz CT molecular complexity index is 553. The van der Waals surface area contributed by atoms with Crippen LogP contribution in [0.1, 0.15) is 17.5 Å². The molecule has 3 rings (SSSR count). The second-order valence-corrected chi connectivity index (χ2v) is 4.60. The normalized spacial score (nSPS) is 15.0. The van der Waals surface area contributed by atoms with Crippen molar-refractivity contribution in [3.8, 4) is 0 Å². The van der Waals surface area contributed by atoms with Crippen molar-refractivity contribution in [2.45, 2.75) is 19.4 Å². The fourth-order valence-electron chi connectivity index (χ4n) is 2.42. The summed E-state index contributed by atoms with van der Waals surface area (Å²) >= 11 is 0. The first-order valence-electron chi connectivity index (χ1n) is 6.22. The molecule has 0 atom stereocenters. The van der Waals surface area contributed by atoms with Gasteiger partial charge in [0.1, 0.15) is 11.6 Å². The summed E-state index contributed by atoms with van der Waals surface area (Å²) in [5.41, 5.74) is 8.51. The van der Waals surface area contributed by atoms with Gasteiger partial charge in [0.15, 0.2) is 0 Å². The van der Waals surface area contributed by atoms with E-state index < -0.39 is 0 Å². The number of aromatic nitrogens is 2. The average Bonchev–Trinajstić information content (AvgIpc) is 2.60. The minimum Gasteiger partial charge on any atom is -0.382 e. The van der Waals surface area contributed by atoms with Crippen LogP contribution in [-0.2, 0) is 13.0 Å². The Labute approximate surface area is 106 Å². The molecule has 0 saturated carbocycles. The molecule has 0 spiro atoms. The van der Waals surface area contributed by atoms with Crippen LogP contribution in [0.5, 0.6) is 0 Å². The third-order valence-corrected chi connectivity index (χ3v) is 3.32. The standard InChI is InChI=1S/C14H16N4/c15-13-8-16-9-14(17-13)18-7-3-6-11-4-1-2-5-12(11)10-18/h1-2,4-5,8-9H,3,6-7,10H2,(H2,15,17). The summed E-state index contributed by atoms with van der Waals surface area (Å²) in [5, 5.41) is 0. The van der Waals surface area contributed by atoms with Gasteiger partial charge in [-0.15, -0.1) is 0 Å². The second kappa shape index (κ2) is 4.64. The number of nitrogens with zero attached hydrogens (tertiary/aromatic N) is 3. The van der Waals surface area contributed by atoms with E-state index in [1.54, 1.807) is 12.4 Å². The maximum Gasteiger partial charge on any atom is 0.149 e. The van der Waals surface area contributed by atoms with Crippen LogP contribution in [0, 0.1) is 0 Å². The van der Waals surface area contributed by atoms with Gasteiger partial charge < -0.3 is 10.6 Å². The first-order valence-corrected chi connectivity index (χ1v) is 6.22. The fourth-order valence-corrected chi connectivity index (χ4v) is 2.42. The molecule has 1 aromatic heterocycles. The van der Waals surface area contributed by atoms with Gasteiger partial charge in [-0.1, -0.05) is 24.3 Å². The molecule has 18 heavy (non-hydrogen) atoms. The van der Waals surface area contributed by atoms with Crippen molar-refractivity contribution in [1.82, 2.24) is 9.97 Å². The van der Waals surface area contributed by atoms with Crippen molar-refractivity contribution in [1.29, 1.82) is 0 Å². The number of benzene rings is 1. The molecule has 92 valence electrons. The van der Waals surface area contributed by atoms with Crippen LogP contribution in [-0.4, -0.2) is 16.5 Å². The largest absolute Gasteiger partial charge is 0.382 e. The number of fused-ring (bicyclic) bond motifs is 1. The highest BCUT2D eigenvalue weighted by Gasteiger charge is 2.15. The fraction of sp³-hybridized carbons (Fsp3) is 0.286. The van der Waals surface area contributed by atoms with Crippen molar-refractivity contribution < 1.29 is 0 Å². The Kier molecular flexibility index (Phi) is 2.84. The molecule has 1 aliphatic heterocycles. The second-order valence-electron chi connectivity index (χ2n) is 4.60. The summed E-state index contributed by atoms with van der Waals surface area (Å²) in [5.74, 6) is 1.34. The molecule has 1 aromatic carbocycles. The maximum atomic E-state index is 5.70.